The molecule has 20 heavy (non-hydrogen) atoms. The first-order chi connectivity index (χ1) is 9.38. The lowest BCUT2D eigenvalue weighted by Gasteiger charge is -2.07. The van der Waals surface area contributed by atoms with Crippen molar-refractivity contribution in [3.63, 3.8) is 0 Å². The Morgan fingerprint density at radius 3 is 2.10 bits per heavy atom. The van der Waals surface area contributed by atoms with E-state index in [1.165, 1.54) is 12.1 Å². The van der Waals surface area contributed by atoms with Crippen molar-refractivity contribution in [1.82, 2.24) is 4.98 Å². The van der Waals surface area contributed by atoms with Crippen molar-refractivity contribution < 1.29 is 13.2 Å². The van der Waals surface area contributed by atoms with Gasteiger partial charge in [0, 0.05) is 0 Å². The van der Waals surface area contributed by atoms with Gasteiger partial charge in [0.05, 0.1) is 21.3 Å². The first kappa shape index (κ1) is 14.2. The minimum atomic E-state index is -4.41. The van der Waals surface area contributed by atoms with Gasteiger partial charge in [0.15, 0.2) is 0 Å². The molecule has 0 amide bonds. The van der Waals surface area contributed by atoms with Gasteiger partial charge in [-0.25, -0.2) is 0 Å². The zero-order valence-corrected chi connectivity index (χ0v) is 11.3. The third-order valence-electron chi connectivity index (χ3n) is 2.66. The van der Waals surface area contributed by atoms with Gasteiger partial charge in [-0.1, -0.05) is 12.1 Å². The molecule has 0 aliphatic heterocycles. The lowest BCUT2D eigenvalue weighted by Crippen LogP contribution is -2.04. The lowest BCUT2D eigenvalue weighted by molar-refractivity contribution is -0.137. The van der Waals surface area contributed by atoms with Crippen molar-refractivity contribution >= 4 is 15.9 Å². The van der Waals surface area contributed by atoms with Crippen LogP contribution in [-0.4, -0.2) is 4.98 Å². The van der Waals surface area contributed by atoms with E-state index in [1.807, 2.05) is 12.1 Å². The van der Waals surface area contributed by atoms with Crippen LogP contribution in [0.4, 0.5) is 13.2 Å². The predicted molar refractivity (Wildman–Crippen MR) is 68.4 cm³/mol. The molecule has 3 nitrogen and oxygen atoms in total. The Bertz CT molecular complexity index is 730. The molecule has 0 aliphatic rings. The number of rotatable bonds is 1. The van der Waals surface area contributed by atoms with Crippen LogP contribution in [0.1, 0.15) is 16.8 Å². The van der Waals surface area contributed by atoms with Crippen LogP contribution in [-0.2, 0) is 6.18 Å². The van der Waals surface area contributed by atoms with Crippen molar-refractivity contribution in [3.05, 3.63) is 45.6 Å². The van der Waals surface area contributed by atoms with Gasteiger partial charge in [-0.2, -0.15) is 23.7 Å². The van der Waals surface area contributed by atoms with Crippen LogP contribution >= 0.6 is 15.9 Å². The molecule has 2 aromatic rings. The van der Waals surface area contributed by atoms with Crippen LogP contribution in [0, 0.1) is 22.7 Å². The van der Waals surface area contributed by atoms with Gasteiger partial charge in [0.1, 0.15) is 17.8 Å². The van der Waals surface area contributed by atoms with Gasteiger partial charge >= 0.3 is 6.18 Å². The topological polar surface area (TPSA) is 63.4 Å². The zero-order chi connectivity index (χ0) is 14.9. The summed E-state index contributed by atoms with van der Waals surface area (Å²) < 4.78 is 37.7. The third kappa shape index (κ3) is 2.40. The molecule has 0 spiro atoms. The van der Waals surface area contributed by atoms with E-state index in [1.54, 1.807) is 0 Å². The summed E-state index contributed by atoms with van der Waals surface area (Å²) in [5.74, 6) is 0. The Morgan fingerprint density at radius 2 is 1.65 bits per heavy atom. The quantitative estimate of drug-likeness (QED) is 0.845. The standard InChI is InChI=1S/C13H5BrF3N3/c14-11-9(5-18)12(20-10(11)6-19)7-1-3-8(4-2-7)13(15,16)17/h1-4,20H. The highest BCUT2D eigenvalue weighted by Crippen LogP contribution is 2.34. The number of halogens is 4. The summed E-state index contributed by atoms with van der Waals surface area (Å²) in [7, 11) is 0. The van der Waals surface area contributed by atoms with Crippen LogP contribution in [0.25, 0.3) is 11.3 Å². The van der Waals surface area contributed by atoms with E-state index in [0.29, 0.717) is 15.7 Å². The van der Waals surface area contributed by atoms with Gasteiger partial charge < -0.3 is 4.98 Å². The summed E-state index contributed by atoms with van der Waals surface area (Å²) in [5, 5.41) is 17.9. The Balaban J connectivity index is 2.54. The highest BCUT2D eigenvalue weighted by molar-refractivity contribution is 9.10. The number of aromatic nitrogens is 1. The molecule has 0 fully saturated rings. The monoisotopic (exact) mass is 339 g/mol. The zero-order valence-electron chi connectivity index (χ0n) is 9.72. The molecule has 1 aromatic heterocycles. The fourth-order valence-electron chi connectivity index (χ4n) is 1.70. The molecule has 0 saturated heterocycles. The van der Waals surface area contributed by atoms with Crippen molar-refractivity contribution in [3.8, 4) is 23.4 Å². The molecular formula is C13H5BrF3N3. The van der Waals surface area contributed by atoms with E-state index in [-0.39, 0.29) is 11.3 Å². The SMILES string of the molecule is N#Cc1[nH]c(-c2ccc(C(F)(F)F)cc2)c(C#N)c1Br. The van der Waals surface area contributed by atoms with Crippen molar-refractivity contribution in [2.45, 2.75) is 6.18 Å². The second-order valence-electron chi connectivity index (χ2n) is 3.86. The van der Waals surface area contributed by atoms with Gasteiger partial charge in [0.25, 0.3) is 0 Å². The summed E-state index contributed by atoms with van der Waals surface area (Å²) in [6.45, 7) is 0. The molecule has 0 unspecified atom stereocenters. The van der Waals surface area contributed by atoms with Crippen LogP contribution in [0.3, 0.4) is 0 Å². The predicted octanol–water partition coefficient (Wildman–Crippen LogP) is 4.21. The van der Waals surface area contributed by atoms with Gasteiger partial charge in [-0.15, -0.1) is 0 Å². The minimum Gasteiger partial charge on any atom is -0.344 e. The molecule has 0 atom stereocenters. The van der Waals surface area contributed by atoms with Gasteiger partial charge in [0.2, 0.25) is 0 Å². The average molecular weight is 340 g/mol. The van der Waals surface area contributed by atoms with Gasteiger partial charge in [-0.3, -0.25) is 0 Å². The summed E-state index contributed by atoms with van der Waals surface area (Å²) >= 11 is 3.11. The number of benzene rings is 1. The Hall–Kier alpha value is -2.25. The maximum Gasteiger partial charge on any atom is 0.416 e. The van der Waals surface area contributed by atoms with Crippen LogP contribution < -0.4 is 0 Å². The normalized spacial score (nSPS) is 10.9. The van der Waals surface area contributed by atoms with Crippen LogP contribution in [0.5, 0.6) is 0 Å². The van der Waals surface area contributed by atoms with Crippen molar-refractivity contribution in [2.24, 2.45) is 0 Å². The minimum absolute atomic E-state index is 0.149. The molecule has 100 valence electrons. The highest BCUT2D eigenvalue weighted by Gasteiger charge is 2.30. The van der Waals surface area contributed by atoms with E-state index < -0.39 is 11.7 Å². The molecule has 7 heteroatoms. The van der Waals surface area contributed by atoms with E-state index in [9.17, 15) is 13.2 Å². The van der Waals surface area contributed by atoms with E-state index in [0.717, 1.165) is 12.1 Å². The molecular weight excluding hydrogens is 335 g/mol. The Morgan fingerprint density at radius 1 is 1.05 bits per heavy atom. The number of hydrogen-bond acceptors (Lipinski definition) is 2. The maximum atomic E-state index is 12.5. The lowest BCUT2D eigenvalue weighted by atomic mass is 10.1. The molecule has 2 rings (SSSR count). The molecule has 1 N–H and O–H groups in total. The molecule has 0 saturated carbocycles. The number of nitrogens with one attached hydrogen (secondary N) is 1. The number of alkyl halides is 3. The summed E-state index contributed by atoms with van der Waals surface area (Å²) in [5.41, 5.74) is 0.269. The smallest absolute Gasteiger partial charge is 0.344 e. The van der Waals surface area contributed by atoms with E-state index in [2.05, 4.69) is 20.9 Å². The second kappa shape index (κ2) is 5.03. The third-order valence-corrected chi connectivity index (χ3v) is 3.46. The second-order valence-corrected chi connectivity index (χ2v) is 4.66. The molecule has 1 aromatic carbocycles. The molecule has 0 bridgehead atoms. The fourth-order valence-corrected chi connectivity index (χ4v) is 2.18. The Kier molecular flexibility index (Phi) is 3.56. The number of nitriles is 2. The largest absolute Gasteiger partial charge is 0.416 e. The summed E-state index contributed by atoms with van der Waals surface area (Å²) in [4.78, 5) is 2.71. The summed E-state index contributed by atoms with van der Waals surface area (Å²) in [6.07, 6.45) is -4.41. The first-order valence-corrected chi connectivity index (χ1v) is 6.07. The van der Waals surface area contributed by atoms with E-state index >= 15 is 0 Å². The maximum absolute atomic E-state index is 12.5. The van der Waals surface area contributed by atoms with E-state index in [4.69, 9.17) is 10.5 Å². The Labute approximate surface area is 120 Å². The molecule has 0 aliphatic carbocycles. The van der Waals surface area contributed by atoms with Crippen molar-refractivity contribution in [2.75, 3.05) is 0 Å². The van der Waals surface area contributed by atoms with Crippen LogP contribution in [0.2, 0.25) is 0 Å². The summed E-state index contributed by atoms with van der Waals surface area (Å²) in [6, 6.07) is 8.13. The molecule has 1 heterocycles. The van der Waals surface area contributed by atoms with Crippen molar-refractivity contribution in [1.29, 1.82) is 10.5 Å². The fraction of sp³-hybridized carbons (Fsp3) is 0.0769. The number of nitrogens with zero attached hydrogens (tertiary/aromatic N) is 2. The highest BCUT2D eigenvalue weighted by atomic mass is 79.9. The average Bonchev–Trinajstić information content (AvgIpc) is 2.74. The number of hydrogen-bond donors (Lipinski definition) is 1. The van der Waals surface area contributed by atoms with Gasteiger partial charge in [-0.05, 0) is 33.6 Å². The number of aromatic amines is 1. The number of H-pyrrole nitrogens is 1. The first-order valence-electron chi connectivity index (χ1n) is 5.27. The van der Waals surface area contributed by atoms with Crippen LogP contribution in [0.15, 0.2) is 28.7 Å². The molecule has 0 radical (unpaired) electrons.